The van der Waals surface area contributed by atoms with Crippen LogP contribution in [0, 0.1) is 6.92 Å². The molecular weight excluding hydrogens is 322 g/mol. The summed E-state index contributed by atoms with van der Waals surface area (Å²) in [6.07, 6.45) is 1.99. The van der Waals surface area contributed by atoms with E-state index < -0.39 is 0 Å². The highest BCUT2D eigenvalue weighted by molar-refractivity contribution is 9.10. The van der Waals surface area contributed by atoms with Crippen LogP contribution >= 0.6 is 27.7 Å². The second-order valence-corrected chi connectivity index (χ2v) is 5.84. The van der Waals surface area contributed by atoms with Crippen molar-refractivity contribution in [2.75, 3.05) is 11.6 Å². The van der Waals surface area contributed by atoms with E-state index in [1.165, 1.54) is 0 Å². The molecule has 0 aliphatic heterocycles. The lowest BCUT2D eigenvalue weighted by molar-refractivity contribution is 0.102. The zero-order chi connectivity index (χ0) is 13.8. The second-order valence-electron chi connectivity index (χ2n) is 4.14. The van der Waals surface area contributed by atoms with Gasteiger partial charge in [0.15, 0.2) is 0 Å². The van der Waals surface area contributed by atoms with Crippen LogP contribution in [0.25, 0.3) is 0 Å². The lowest BCUT2D eigenvalue weighted by Gasteiger charge is -2.10. The van der Waals surface area contributed by atoms with Gasteiger partial charge in [0.05, 0.1) is 11.3 Å². The molecule has 2 aromatic carbocycles. The summed E-state index contributed by atoms with van der Waals surface area (Å²) in [7, 11) is 0. The molecule has 0 spiro atoms. The van der Waals surface area contributed by atoms with Crippen LogP contribution in [0.4, 0.5) is 5.69 Å². The van der Waals surface area contributed by atoms with Crippen molar-refractivity contribution >= 4 is 39.3 Å². The average Bonchev–Trinajstić information content (AvgIpc) is 2.42. The average molecular weight is 336 g/mol. The molecule has 4 heteroatoms. The van der Waals surface area contributed by atoms with E-state index in [0.717, 1.165) is 20.6 Å². The summed E-state index contributed by atoms with van der Waals surface area (Å²) in [5.41, 5.74) is 2.55. The van der Waals surface area contributed by atoms with Crippen LogP contribution in [-0.2, 0) is 0 Å². The predicted octanol–water partition coefficient (Wildman–Crippen LogP) is 4.73. The van der Waals surface area contributed by atoms with Crippen molar-refractivity contribution in [2.45, 2.75) is 11.8 Å². The molecule has 0 fully saturated rings. The number of hydrogen-bond donors (Lipinski definition) is 1. The predicted molar refractivity (Wildman–Crippen MR) is 85.1 cm³/mol. The number of rotatable bonds is 3. The van der Waals surface area contributed by atoms with Crippen LogP contribution < -0.4 is 5.32 Å². The number of anilines is 1. The van der Waals surface area contributed by atoms with Crippen molar-refractivity contribution in [2.24, 2.45) is 0 Å². The first-order chi connectivity index (χ1) is 9.11. The van der Waals surface area contributed by atoms with Crippen molar-refractivity contribution in [3.63, 3.8) is 0 Å². The van der Waals surface area contributed by atoms with Gasteiger partial charge in [-0.3, -0.25) is 4.79 Å². The molecule has 0 unspecified atom stereocenters. The zero-order valence-corrected chi connectivity index (χ0v) is 13.1. The van der Waals surface area contributed by atoms with Crippen LogP contribution in [0.1, 0.15) is 15.9 Å². The Balaban J connectivity index is 2.28. The Labute approximate surface area is 125 Å². The zero-order valence-electron chi connectivity index (χ0n) is 10.7. The first kappa shape index (κ1) is 14.2. The maximum absolute atomic E-state index is 12.3. The molecule has 1 amide bonds. The minimum Gasteiger partial charge on any atom is -0.321 e. The molecule has 0 aliphatic rings. The first-order valence-electron chi connectivity index (χ1n) is 5.82. The van der Waals surface area contributed by atoms with E-state index >= 15 is 0 Å². The van der Waals surface area contributed by atoms with Crippen LogP contribution in [-0.4, -0.2) is 12.2 Å². The maximum atomic E-state index is 12.3. The molecule has 19 heavy (non-hydrogen) atoms. The summed E-state index contributed by atoms with van der Waals surface area (Å²) < 4.78 is 0.803. The summed E-state index contributed by atoms with van der Waals surface area (Å²) in [5.74, 6) is -0.0999. The molecular formula is C15H14BrNOS. The van der Waals surface area contributed by atoms with Crippen LogP contribution in [0.5, 0.6) is 0 Å². The number of para-hydroxylation sites is 1. The van der Waals surface area contributed by atoms with Gasteiger partial charge in [0.25, 0.3) is 5.91 Å². The third-order valence-corrected chi connectivity index (χ3v) is 4.21. The van der Waals surface area contributed by atoms with Gasteiger partial charge in [0.1, 0.15) is 0 Å². The standard InChI is InChI=1S/C15H14BrNOS/c1-10-7-8-12(16)11(9-10)15(18)17-13-5-3-4-6-14(13)19-2/h3-9H,1-2H3,(H,17,18). The number of benzene rings is 2. The van der Waals surface area contributed by atoms with Gasteiger partial charge in [-0.1, -0.05) is 23.8 Å². The molecule has 0 saturated carbocycles. The monoisotopic (exact) mass is 335 g/mol. The van der Waals surface area contributed by atoms with Gasteiger partial charge in [-0.05, 0) is 53.4 Å². The molecule has 2 nitrogen and oxygen atoms in total. The molecule has 0 heterocycles. The number of nitrogens with one attached hydrogen (secondary N) is 1. The number of amides is 1. The van der Waals surface area contributed by atoms with Gasteiger partial charge in [0, 0.05) is 9.37 Å². The number of aryl methyl sites for hydroxylation is 1. The van der Waals surface area contributed by atoms with Crippen LogP contribution in [0.15, 0.2) is 51.8 Å². The minimum absolute atomic E-state index is 0.0999. The lowest BCUT2D eigenvalue weighted by Crippen LogP contribution is -2.13. The normalized spacial score (nSPS) is 10.3. The highest BCUT2D eigenvalue weighted by atomic mass is 79.9. The highest BCUT2D eigenvalue weighted by Gasteiger charge is 2.12. The number of carbonyl (C=O) groups excluding carboxylic acids is 1. The molecule has 0 saturated heterocycles. The fourth-order valence-electron chi connectivity index (χ4n) is 1.75. The van der Waals surface area contributed by atoms with Gasteiger partial charge in [-0.15, -0.1) is 11.8 Å². The molecule has 0 atom stereocenters. The number of carbonyl (C=O) groups is 1. The Kier molecular flexibility index (Phi) is 4.66. The van der Waals surface area contributed by atoms with E-state index in [9.17, 15) is 4.79 Å². The van der Waals surface area contributed by atoms with Gasteiger partial charge in [-0.25, -0.2) is 0 Å². The lowest BCUT2D eigenvalue weighted by atomic mass is 10.1. The first-order valence-corrected chi connectivity index (χ1v) is 7.84. The number of thioether (sulfide) groups is 1. The van der Waals surface area contributed by atoms with Crippen molar-refractivity contribution in [1.82, 2.24) is 0 Å². The van der Waals surface area contributed by atoms with E-state index in [4.69, 9.17) is 0 Å². The Morgan fingerprint density at radius 3 is 2.68 bits per heavy atom. The molecule has 0 radical (unpaired) electrons. The Hall–Kier alpha value is -1.26. The largest absolute Gasteiger partial charge is 0.321 e. The summed E-state index contributed by atoms with van der Waals surface area (Å²) in [6.45, 7) is 1.97. The topological polar surface area (TPSA) is 29.1 Å². The molecule has 0 bridgehead atoms. The van der Waals surface area contributed by atoms with Crippen molar-refractivity contribution < 1.29 is 4.79 Å². The minimum atomic E-state index is -0.0999. The van der Waals surface area contributed by atoms with Crippen molar-refractivity contribution in [3.05, 3.63) is 58.1 Å². The van der Waals surface area contributed by atoms with Gasteiger partial charge in [-0.2, -0.15) is 0 Å². The molecule has 0 aromatic heterocycles. The van der Waals surface area contributed by atoms with Crippen molar-refractivity contribution in [1.29, 1.82) is 0 Å². The molecule has 0 aliphatic carbocycles. The van der Waals surface area contributed by atoms with E-state index in [0.29, 0.717) is 5.56 Å². The quantitative estimate of drug-likeness (QED) is 0.821. The summed E-state index contributed by atoms with van der Waals surface area (Å²) in [5, 5.41) is 2.96. The fourth-order valence-corrected chi connectivity index (χ4v) is 2.73. The third kappa shape index (κ3) is 3.39. The Morgan fingerprint density at radius 1 is 1.21 bits per heavy atom. The van der Waals surface area contributed by atoms with E-state index in [1.54, 1.807) is 11.8 Å². The van der Waals surface area contributed by atoms with E-state index in [1.807, 2.05) is 55.6 Å². The summed E-state index contributed by atoms with van der Waals surface area (Å²) in [6, 6.07) is 13.5. The van der Waals surface area contributed by atoms with E-state index in [2.05, 4.69) is 21.2 Å². The molecule has 2 rings (SSSR count). The van der Waals surface area contributed by atoms with Gasteiger partial charge < -0.3 is 5.32 Å². The van der Waals surface area contributed by atoms with E-state index in [-0.39, 0.29) is 5.91 Å². The van der Waals surface area contributed by atoms with Crippen LogP contribution in [0.3, 0.4) is 0 Å². The molecule has 2 aromatic rings. The molecule has 1 N–H and O–H groups in total. The third-order valence-electron chi connectivity index (χ3n) is 2.72. The maximum Gasteiger partial charge on any atom is 0.256 e. The van der Waals surface area contributed by atoms with Crippen LogP contribution in [0.2, 0.25) is 0 Å². The van der Waals surface area contributed by atoms with Crippen molar-refractivity contribution in [3.8, 4) is 0 Å². The summed E-state index contributed by atoms with van der Waals surface area (Å²) >= 11 is 5.03. The SMILES string of the molecule is CSc1ccccc1NC(=O)c1cc(C)ccc1Br. The van der Waals surface area contributed by atoms with Gasteiger partial charge >= 0.3 is 0 Å². The second kappa shape index (κ2) is 6.26. The Bertz CT molecular complexity index is 613. The number of hydrogen-bond acceptors (Lipinski definition) is 2. The fraction of sp³-hybridized carbons (Fsp3) is 0.133. The smallest absolute Gasteiger partial charge is 0.256 e. The number of halogens is 1. The highest BCUT2D eigenvalue weighted by Crippen LogP contribution is 2.26. The molecule has 98 valence electrons. The summed E-state index contributed by atoms with van der Waals surface area (Å²) in [4.78, 5) is 13.4. The Morgan fingerprint density at radius 2 is 1.95 bits per heavy atom. The van der Waals surface area contributed by atoms with Gasteiger partial charge in [0.2, 0.25) is 0 Å².